The molecule has 0 fully saturated rings. The van der Waals surface area contributed by atoms with E-state index in [2.05, 4.69) is 67.2 Å². The fourth-order valence-corrected chi connectivity index (χ4v) is 2.40. The first kappa shape index (κ1) is 18.1. The van der Waals surface area contributed by atoms with E-state index in [0.29, 0.717) is 12.1 Å². The number of hydrogen-bond acceptors (Lipinski definition) is 5. The third-order valence-electron chi connectivity index (χ3n) is 3.55. The maximum atomic E-state index is 4.21. The molecule has 6 nitrogen and oxygen atoms in total. The van der Waals surface area contributed by atoms with Gasteiger partial charge in [0.05, 0.1) is 12.2 Å². The third-order valence-corrected chi connectivity index (χ3v) is 3.55. The Morgan fingerprint density at radius 2 is 2.00 bits per heavy atom. The molecule has 0 radical (unpaired) electrons. The Morgan fingerprint density at radius 3 is 2.57 bits per heavy atom. The van der Waals surface area contributed by atoms with Crippen molar-refractivity contribution in [3.63, 3.8) is 0 Å². The summed E-state index contributed by atoms with van der Waals surface area (Å²) in [6.07, 6.45) is 2.04. The van der Waals surface area contributed by atoms with Crippen molar-refractivity contribution >= 4 is 0 Å². The Balaban J connectivity index is 2.42. The number of nitrogens with one attached hydrogen (secondary N) is 1. The predicted octanol–water partition coefficient (Wildman–Crippen LogP) is 1.05. The van der Waals surface area contributed by atoms with Crippen LogP contribution in [0.4, 0.5) is 0 Å². The van der Waals surface area contributed by atoms with E-state index < -0.39 is 0 Å². The van der Waals surface area contributed by atoms with Crippen molar-refractivity contribution in [3.05, 3.63) is 11.9 Å². The Morgan fingerprint density at radius 1 is 1.29 bits per heavy atom. The summed E-state index contributed by atoms with van der Waals surface area (Å²) in [6, 6.07) is 1.02. The van der Waals surface area contributed by atoms with Gasteiger partial charge >= 0.3 is 0 Å². The summed E-state index contributed by atoms with van der Waals surface area (Å²) >= 11 is 0. The van der Waals surface area contributed by atoms with E-state index >= 15 is 0 Å². The SMILES string of the molecule is CCN(CCn1cc(CNC(C)C)nn1)C(C)CN(C)C. The normalized spacial score (nSPS) is 13.6. The molecule has 1 unspecified atom stereocenters. The van der Waals surface area contributed by atoms with Crippen molar-refractivity contribution in [1.29, 1.82) is 0 Å². The van der Waals surface area contributed by atoms with Gasteiger partial charge in [-0.3, -0.25) is 9.58 Å². The van der Waals surface area contributed by atoms with Gasteiger partial charge in [-0.1, -0.05) is 26.0 Å². The lowest BCUT2D eigenvalue weighted by Gasteiger charge is -2.29. The summed E-state index contributed by atoms with van der Waals surface area (Å²) in [6.45, 7) is 13.6. The van der Waals surface area contributed by atoms with Crippen LogP contribution in [0.25, 0.3) is 0 Å². The molecule has 0 aliphatic carbocycles. The van der Waals surface area contributed by atoms with Crippen LogP contribution >= 0.6 is 0 Å². The minimum absolute atomic E-state index is 0.470. The van der Waals surface area contributed by atoms with Crippen molar-refractivity contribution in [3.8, 4) is 0 Å². The van der Waals surface area contributed by atoms with Crippen molar-refractivity contribution < 1.29 is 0 Å². The Hall–Kier alpha value is -0.980. The zero-order valence-electron chi connectivity index (χ0n) is 14.5. The number of nitrogens with zero attached hydrogens (tertiary/aromatic N) is 5. The molecule has 0 amide bonds. The summed E-state index contributed by atoms with van der Waals surface area (Å²) in [4.78, 5) is 4.71. The molecule has 6 heteroatoms. The zero-order chi connectivity index (χ0) is 15.8. The molecule has 122 valence electrons. The first-order valence-electron chi connectivity index (χ1n) is 7.93. The topological polar surface area (TPSA) is 49.2 Å². The summed E-state index contributed by atoms with van der Waals surface area (Å²) < 4.78 is 1.95. The van der Waals surface area contributed by atoms with Crippen molar-refractivity contribution in [1.82, 2.24) is 30.1 Å². The van der Waals surface area contributed by atoms with Gasteiger partial charge in [0, 0.05) is 37.9 Å². The number of likely N-dealkylation sites (N-methyl/N-ethyl adjacent to an activating group) is 2. The van der Waals surface area contributed by atoms with Gasteiger partial charge in [-0.2, -0.15) is 0 Å². The van der Waals surface area contributed by atoms with Gasteiger partial charge in [0.2, 0.25) is 0 Å². The maximum Gasteiger partial charge on any atom is 0.0964 e. The highest BCUT2D eigenvalue weighted by atomic mass is 15.4. The first-order chi connectivity index (χ1) is 9.92. The predicted molar refractivity (Wildman–Crippen MR) is 87.3 cm³/mol. The molecule has 1 heterocycles. The van der Waals surface area contributed by atoms with E-state index in [-0.39, 0.29) is 0 Å². The van der Waals surface area contributed by atoms with Gasteiger partial charge in [-0.25, -0.2) is 0 Å². The molecule has 1 N–H and O–H groups in total. The minimum Gasteiger partial charge on any atom is -0.309 e. The van der Waals surface area contributed by atoms with Crippen molar-refractivity contribution in [2.45, 2.75) is 52.9 Å². The summed E-state index contributed by atoms with van der Waals surface area (Å²) in [5.74, 6) is 0. The van der Waals surface area contributed by atoms with E-state index in [9.17, 15) is 0 Å². The zero-order valence-corrected chi connectivity index (χ0v) is 14.5. The molecule has 0 aromatic carbocycles. The quantitative estimate of drug-likeness (QED) is 0.699. The average Bonchev–Trinajstić information content (AvgIpc) is 2.84. The lowest BCUT2D eigenvalue weighted by molar-refractivity contribution is 0.173. The van der Waals surface area contributed by atoms with E-state index in [1.807, 2.05) is 10.9 Å². The van der Waals surface area contributed by atoms with Gasteiger partial charge in [-0.15, -0.1) is 5.10 Å². The van der Waals surface area contributed by atoms with Crippen LogP contribution in [0.1, 0.15) is 33.4 Å². The van der Waals surface area contributed by atoms with Crippen LogP contribution in [0.2, 0.25) is 0 Å². The second-order valence-electron chi connectivity index (χ2n) is 6.25. The van der Waals surface area contributed by atoms with Crippen LogP contribution in [0.15, 0.2) is 6.20 Å². The number of hydrogen-bond donors (Lipinski definition) is 1. The van der Waals surface area contributed by atoms with Gasteiger partial charge in [-0.05, 0) is 27.6 Å². The molecule has 1 aromatic rings. The fourth-order valence-electron chi connectivity index (χ4n) is 2.40. The molecule has 1 atom stereocenters. The molecule has 0 bridgehead atoms. The van der Waals surface area contributed by atoms with E-state index in [0.717, 1.165) is 38.4 Å². The summed E-state index contributed by atoms with van der Waals surface area (Å²) in [5.41, 5.74) is 1.01. The highest BCUT2D eigenvalue weighted by Gasteiger charge is 2.13. The molecule has 1 aromatic heterocycles. The average molecular weight is 296 g/mol. The minimum atomic E-state index is 0.470. The van der Waals surface area contributed by atoms with Crippen LogP contribution in [0.5, 0.6) is 0 Å². The van der Waals surface area contributed by atoms with Gasteiger partial charge in [0.1, 0.15) is 0 Å². The van der Waals surface area contributed by atoms with Gasteiger partial charge in [0.15, 0.2) is 0 Å². The second kappa shape index (κ2) is 9.12. The molecule has 0 aliphatic heterocycles. The fraction of sp³-hybridized carbons (Fsp3) is 0.867. The third kappa shape index (κ3) is 7.02. The molecule has 21 heavy (non-hydrogen) atoms. The van der Waals surface area contributed by atoms with E-state index in [1.165, 1.54) is 0 Å². The van der Waals surface area contributed by atoms with Crippen LogP contribution < -0.4 is 5.32 Å². The van der Waals surface area contributed by atoms with Crippen LogP contribution in [-0.2, 0) is 13.1 Å². The smallest absolute Gasteiger partial charge is 0.0964 e. The molecule has 0 spiro atoms. The monoisotopic (exact) mass is 296 g/mol. The molecule has 0 aliphatic rings. The van der Waals surface area contributed by atoms with Gasteiger partial charge in [0.25, 0.3) is 0 Å². The van der Waals surface area contributed by atoms with E-state index in [1.54, 1.807) is 0 Å². The molecular weight excluding hydrogens is 264 g/mol. The first-order valence-corrected chi connectivity index (χ1v) is 7.93. The molecule has 0 saturated heterocycles. The Kier molecular flexibility index (Phi) is 7.85. The highest BCUT2D eigenvalue weighted by Crippen LogP contribution is 2.01. The van der Waals surface area contributed by atoms with E-state index in [4.69, 9.17) is 0 Å². The van der Waals surface area contributed by atoms with Crippen LogP contribution in [0, 0.1) is 0 Å². The summed E-state index contributed by atoms with van der Waals surface area (Å²) in [7, 11) is 4.24. The van der Waals surface area contributed by atoms with Crippen molar-refractivity contribution in [2.75, 3.05) is 33.7 Å². The molecule has 0 saturated carbocycles. The summed E-state index contributed by atoms with van der Waals surface area (Å²) in [5, 5.41) is 11.8. The molecular formula is C15H32N6. The molecule has 1 rings (SSSR count). The second-order valence-corrected chi connectivity index (χ2v) is 6.25. The highest BCUT2D eigenvalue weighted by molar-refractivity contribution is 4.91. The number of rotatable bonds is 10. The Labute approximate surface area is 129 Å². The van der Waals surface area contributed by atoms with Crippen molar-refractivity contribution in [2.24, 2.45) is 0 Å². The van der Waals surface area contributed by atoms with Gasteiger partial charge < -0.3 is 10.2 Å². The van der Waals surface area contributed by atoms with Crippen LogP contribution in [0.3, 0.4) is 0 Å². The Bertz CT molecular complexity index is 387. The van der Waals surface area contributed by atoms with Crippen LogP contribution in [-0.4, -0.2) is 70.6 Å². The maximum absolute atomic E-state index is 4.21. The lowest BCUT2D eigenvalue weighted by atomic mass is 10.2. The largest absolute Gasteiger partial charge is 0.309 e. The lowest BCUT2D eigenvalue weighted by Crippen LogP contribution is -2.41. The standard InChI is InChI=1S/C15H32N6/c1-7-20(14(4)11-19(5)6)8-9-21-12-15(17-18-21)10-16-13(2)3/h12-14,16H,7-11H2,1-6H3. The number of aromatic nitrogens is 3.